The van der Waals surface area contributed by atoms with Crippen molar-refractivity contribution in [2.75, 3.05) is 0 Å². The van der Waals surface area contributed by atoms with Gasteiger partial charge in [-0.25, -0.2) is 4.99 Å². The summed E-state index contributed by atoms with van der Waals surface area (Å²) in [6.07, 6.45) is 5.71. The highest BCUT2D eigenvalue weighted by atomic mass is 32.1. The standard InChI is InChI=1S/C16H16N2O2S/c17-15(20)14-11-6-2-4-8-13(11)21-16(14)18-9-10-5-1-3-7-12(10)19/h1,3,5,7,9,19H,2,4,6,8H2,(H2,17,20). The number of hydrogen-bond acceptors (Lipinski definition) is 4. The molecule has 0 saturated carbocycles. The molecule has 1 aliphatic rings. The summed E-state index contributed by atoms with van der Waals surface area (Å²) >= 11 is 1.54. The van der Waals surface area contributed by atoms with Gasteiger partial charge in [0.05, 0.1) is 5.56 Å². The third kappa shape index (κ3) is 2.69. The molecule has 3 N–H and O–H groups in total. The van der Waals surface area contributed by atoms with Crippen LogP contribution < -0.4 is 5.73 Å². The minimum Gasteiger partial charge on any atom is -0.507 e. The van der Waals surface area contributed by atoms with E-state index in [4.69, 9.17) is 5.73 Å². The lowest BCUT2D eigenvalue weighted by Crippen LogP contribution is -2.14. The lowest BCUT2D eigenvalue weighted by Gasteiger charge is -2.10. The van der Waals surface area contributed by atoms with Crippen molar-refractivity contribution in [3.63, 3.8) is 0 Å². The summed E-state index contributed by atoms with van der Waals surface area (Å²) in [7, 11) is 0. The smallest absolute Gasteiger partial charge is 0.252 e. The Kier molecular flexibility index (Phi) is 3.75. The number of aliphatic imine (C=N–C) groups is 1. The van der Waals surface area contributed by atoms with Crippen molar-refractivity contribution in [1.29, 1.82) is 0 Å². The molecule has 0 saturated heterocycles. The number of para-hydroxylation sites is 1. The van der Waals surface area contributed by atoms with E-state index in [0.29, 0.717) is 16.1 Å². The maximum atomic E-state index is 11.7. The maximum absolute atomic E-state index is 11.7. The van der Waals surface area contributed by atoms with Crippen LogP contribution in [-0.2, 0) is 12.8 Å². The Labute approximate surface area is 127 Å². The summed E-state index contributed by atoms with van der Waals surface area (Å²) in [5.74, 6) is -0.248. The van der Waals surface area contributed by atoms with Crippen LogP contribution >= 0.6 is 11.3 Å². The Morgan fingerprint density at radius 1 is 1.29 bits per heavy atom. The van der Waals surface area contributed by atoms with Gasteiger partial charge in [0.2, 0.25) is 0 Å². The molecule has 0 bridgehead atoms. The number of nitrogens with two attached hydrogens (primary N) is 1. The van der Waals surface area contributed by atoms with Gasteiger partial charge in [0, 0.05) is 16.7 Å². The van der Waals surface area contributed by atoms with E-state index in [-0.39, 0.29) is 5.75 Å². The monoisotopic (exact) mass is 300 g/mol. The Morgan fingerprint density at radius 3 is 2.81 bits per heavy atom. The first-order valence-corrected chi connectivity index (χ1v) is 7.75. The molecule has 1 amide bonds. The molecule has 0 spiro atoms. The predicted octanol–water partition coefficient (Wildman–Crippen LogP) is 3.18. The van der Waals surface area contributed by atoms with E-state index in [2.05, 4.69) is 4.99 Å². The van der Waals surface area contributed by atoms with Gasteiger partial charge in [-0.1, -0.05) is 12.1 Å². The molecule has 0 radical (unpaired) electrons. The fourth-order valence-corrected chi connectivity index (χ4v) is 3.86. The van der Waals surface area contributed by atoms with Crippen LogP contribution in [0, 0.1) is 0 Å². The number of amides is 1. The number of primary amides is 1. The van der Waals surface area contributed by atoms with E-state index in [1.165, 1.54) is 16.2 Å². The number of carbonyl (C=O) groups excluding carboxylic acids is 1. The fraction of sp³-hybridized carbons (Fsp3) is 0.250. The zero-order chi connectivity index (χ0) is 14.8. The summed E-state index contributed by atoms with van der Waals surface area (Å²) in [5.41, 5.74) is 7.78. The van der Waals surface area contributed by atoms with Gasteiger partial charge in [-0.15, -0.1) is 11.3 Å². The second kappa shape index (κ2) is 5.69. The van der Waals surface area contributed by atoms with E-state index >= 15 is 0 Å². The van der Waals surface area contributed by atoms with E-state index in [9.17, 15) is 9.90 Å². The lowest BCUT2D eigenvalue weighted by atomic mass is 9.95. The summed E-state index contributed by atoms with van der Waals surface area (Å²) in [4.78, 5) is 17.4. The first-order valence-electron chi connectivity index (χ1n) is 6.93. The first-order chi connectivity index (χ1) is 10.2. The number of nitrogens with zero attached hydrogens (tertiary/aromatic N) is 1. The van der Waals surface area contributed by atoms with Crippen LogP contribution in [-0.4, -0.2) is 17.2 Å². The van der Waals surface area contributed by atoms with Crippen LogP contribution in [0.1, 0.15) is 39.2 Å². The molecule has 1 aromatic heterocycles. The molecule has 1 aromatic carbocycles. The van der Waals surface area contributed by atoms with E-state index in [0.717, 1.165) is 31.2 Å². The van der Waals surface area contributed by atoms with Gasteiger partial charge in [-0.3, -0.25) is 4.79 Å². The molecule has 108 valence electrons. The molecule has 0 fully saturated rings. The van der Waals surface area contributed by atoms with Crippen molar-refractivity contribution in [3.8, 4) is 5.75 Å². The topological polar surface area (TPSA) is 75.7 Å². The van der Waals surface area contributed by atoms with Crippen LogP contribution in [0.3, 0.4) is 0 Å². The van der Waals surface area contributed by atoms with Gasteiger partial charge in [0.15, 0.2) is 0 Å². The van der Waals surface area contributed by atoms with Gasteiger partial charge >= 0.3 is 0 Å². The van der Waals surface area contributed by atoms with Gasteiger partial charge in [0.25, 0.3) is 5.91 Å². The summed E-state index contributed by atoms with van der Waals surface area (Å²) in [5, 5.41) is 10.4. The van der Waals surface area contributed by atoms with Crippen LogP contribution in [0.15, 0.2) is 29.3 Å². The molecule has 0 aliphatic heterocycles. The van der Waals surface area contributed by atoms with Crippen molar-refractivity contribution in [2.24, 2.45) is 10.7 Å². The maximum Gasteiger partial charge on any atom is 0.252 e. The van der Waals surface area contributed by atoms with Crippen LogP contribution in [0.4, 0.5) is 5.00 Å². The van der Waals surface area contributed by atoms with Crippen molar-refractivity contribution in [1.82, 2.24) is 0 Å². The normalized spacial score (nSPS) is 14.3. The number of benzene rings is 1. The second-order valence-corrected chi connectivity index (χ2v) is 6.16. The van der Waals surface area contributed by atoms with Crippen LogP contribution in [0.5, 0.6) is 5.75 Å². The quantitative estimate of drug-likeness (QED) is 0.854. The molecular weight excluding hydrogens is 284 g/mol. The van der Waals surface area contributed by atoms with Gasteiger partial charge in [0.1, 0.15) is 10.8 Å². The van der Waals surface area contributed by atoms with E-state index < -0.39 is 5.91 Å². The minimum absolute atomic E-state index is 0.170. The van der Waals surface area contributed by atoms with E-state index in [1.807, 2.05) is 6.07 Å². The number of hydrogen-bond donors (Lipinski definition) is 2. The molecule has 1 heterocycles. The van der Waals surface area contributed by atoms with Crippen molar-refractivity contribution < 1.29 is 9.90 Å². The molecule has 3 rings (SSSR count). The number of carbonyl (C=O) groups is 1. The summed E-state index contributed by atoms with van der Waals surface area (Å²) in [6.45, 7) is 0. The number of phenols is 1. The highest BCUT2D eigenvalue weighted by Gasteiger charge is 2.23. The lowest BCUT2D eigenvalue weighted by molar-refractivity contribution is 0.100. The Hall–Kier alpha value is -2.14. The molecular formula is C16H16N2O2S. The SMILES string of the molecule is NC(=O)c1c(N=Cc2ccccc2O)sc2c1CCCC2. The number of phenolic OH excluding ortho intramolecular Hbond substituents is 1. The van der Waals surface area contributed by atoms with Crippen LogP contribution in [0.25, 0.3) is 0 Å². The molecule has 5 heteroatoms. The zero-order valence-corrected chi connectivity index (χ0v) is 12.3. The number of rotatable bonds is 3. The summed E-state index contributed by atoms with van der Waals surface area (Å²) in [6, 6.07) is 6.97. The molecule has 4 nitrogen and oxygen atoms in total. The molecule has 1 aliphatic carbocycles. The van der Waals surface area contributed by atoms with Crippen molar-refractivity contribution >= 4 is 28.5 Å². The Morgan fingerprint density at radius 2 is 2.05 bits per heavy atom. The Balaban J connectivity index is 2.01. The predicted molar refractivity (Wildman–Crippen MR) is 84.8 cm³/mol. The van der Waals surface area contributed by atoms with Gasteiger partial charge in [-0.05, 0) is 43.4 Å². The molecule has 21 heavy (non-hydrogen) atoms. The molecule has 0 atom stereocenters. The number of thiophene rings is 1. The minimum atomic E-state index is -0.418. The molecule has 0 unspecified atom stereocenters. The highest BCUT2D eigenvalue weighted by Crippen LogP contribution is 2.39. The number of fused-ring (bicyclic) bond motifs is 1. The number of aromatic hydroxyl groups is 1. The number of aryl methyl sites for hydroxylation is 1. The third-order valence-electron chi connectivity index (χ3n) is 3.66. The largest absolute Gasteiger partial charge is 0.507 e. The summed E-state index contributed by atoms with van der Waals surface area (Å²) < 4.78 is 0. The van der Waals surface area contributed by atoms with E-state index in [1.54, 1.807) is 24.4 Å². The highest BCUT2D eigenvalue weighted by molar-refractivity contribution is 7.16. The average Bonchev–Trinajstić information content (AvgIpc) is 2.85. The fourth-order valence-electron chi connectivity index (χ4n) is 2.62. The van der Waals surface area contributed by atoms with Gasteiger partial charge in [-0.2, -0.15) is 0 Å². The Bertz CT molecular complexity index is 719. The molecule has 2 aromatic rings. The third-order valence-corrected chi connectivity index (χ3v) is 4.86. The second-order valence-electron chi connectivity index (χ2n) is 5.07. The zero-order valence-electron chi connectivity index (χ0n) is 11.5. The average molecular weight is 300 g/mol. The van der Waals surface area contributed by atoms with Crippen LogP contribution in [0.2, 0.25) is 0 Å². The first kappa shape index (κ1) is 13.8. The van der Waals surface area contributed by atoms with Crippen molar-refractivity contribution in [3.05, 3.63) is 45.8 Å². The van der Waals surface area contributed by atoms with Crippen molar-refractivity contribution in [2.45, 2.75) is 25.7 Å². The van der Waals surface area contributed by atoms with Gasteiger partial charge < -0.3 is 10.8 Å².